The Labute approximate surface area is 78.0 Å². The molecule has 2 saturated carbocycles. The van der Waals surface area contributed by atoms with Gasteiger partial charge < -0.3 is 9.47 Å². The van der Waals surface area contributed by atoms with Crippen LogP contribution < -0.4 is 0 Å². The molecule has 0 amide bonds. The highest BCUT2D eigenvalue weighted by Gasteiger charge is 2.67. The first-order valence-electron chi connectivity index (χ1n) is 4.76. The van der Waals surface area contributed by atoms with Crippen molar-refractivity contribution in [2.24, 2.45) is 17.8 Å². The first-order valence-corrected chi connectivity index (χ1v) is 5.39. The van der Waals surface area contributed by atoms with Crippen molar-refractivity contribution in [2.75, 3.05) is 19.0 Å². The van der Waals surface area contributed by atoms with E-state index in [2.05, 4.69) is 12.6 Å². The molecular formula is C9H14O2S. The predicted molar refractivity (Wildman–Crippen MR) is 48.2 cm³/mol. The fourth-order valence-electron chi connectivity index (χ4n) is 3.08. The van der Waals surface area contributed by atoms with Gasteiger partial charge in [-0.15, -0.1) is 0 Å². The standard InChI is InChI=1S/C9H14O2S/c12-5-7-6-1-2-9(8(6)7)10-3-4-11-9/h6-8,12H,1-5H2/t6-,7+,8-/m0/s1. The normalized spacial score (nSPS) is 48.2. The third-order valence-electron chi connectivity index (χ3n) is 3.65. The Morgan fingerprint density at radius 3 is 2.67 bits per heavy atom. The zero-order valence-corrected chi connectivity index (χ0v) is 7.93. The lowest BCUT2D eigenvalue weighted by Crippen LogP contribution is -2.31. The van der Waals surface area contributed by atoms with Crippen LogP contribution in [0.5, 0.6) is 0 Å². The van der Waals surface area contributed by atoms with Gasteiger partial charge in [-0.25, -0.2) is 0 Å². The topological polar surface area (TPSA) is 18.5 Å². The van der Waals surface area contributed by atoms with E-state index in [0.717, 1.165) is 37.2 Å². The number of fused-ring (bicyclic) bond motifs is 2. The maximum absolute atomic E-state index is 5.73. The second-order valence-corrected chi connectivity index (χ2v) is 4.45. The summed E-state index contributed by atoms with van der Waals surface area (Å²) in [5, 5.41) is 0. The van der Waals surface area contributed by atoms with Crippen molar-refractivity contribution in [3.05, 3.63) is 0 Å². The van der Waals surface area contributed by atoms with Gasteiger partial charge in [0.05, 0.1) is 13.2 Å². The molecule has 3 atom stereocenters. The predicted octanol–water partition coefficient (Wildman–Crippen LogP) is 1.32. The molecule has 1 saturated heterocycles. The van der Waals surface area contributed by atoms with Gasteiger partial charge in [0.25, 0.3) is 0 Å². The Bertz CT molecular complexity index is 191. The van der Waals surface area contributed by atoms with E-state index in [0.29, 0.717) is 5.92 Å². The van der Waals surface area contributed by atoms with E-state index in [1.807, 2.05) is 0 Å². The molecule has 2 aliphatic carbocycles. The lowest BCUT2D eigenvalue weighted by molar-refractivity contribution is -0.170. The Kier molecular flexibility index (Phi) is 1.53. The SMILES string of the molecule is SC[C@@H]1[C@@H]2CCC3(OCCO3)[C@H]12. The van der Waals surface area contributed by atoms with Crippen LogP contribution in [0.15, 0.2) is 0 Å². The number of thiol groups is 1. The monoisotopic (exact) mass is 186 g/mol. The molecule has 12 heavy (non-hydrogen) atoms. The molecular weight excluding hydrogens is 172 g/mol. The summed E-state index contributed by atoms with van der Waals surface area (Å²) >= 11 is 4.35. The second-order valence-electron chi connectivity index (χ2n) is 4.08. The smallest absolute Gasteiger partial charge is 0.171 e. The number of ether oxygens (including phenoxy) is 2. The molecule has 0 aromatic rings. The number of hydrogen-bond acceptors (Lipinski definition) is 3. The third kappa shape index (κ3) is 0.797. The molecule has 68 valence electrons. The van der Waals surface area contributed by atoms with Gasteiger partial charge in [0.2, 0.25) is 0 Å². The molecule has 0 aromatic carbocycles. The third-order valence-corrected chi connectivity index (χ3v) is 4.07. The van der Waals surface area contributed by atoms with Crippen molar-refractivity contribution >= 4 is 12.6 Å². The van der Waals surface area contributed by atoms with Crippen molar-refractivity contribution in [3.63, 3.8) is 0 Å². The first-order chi connectivity index (χ1) is 5.87. The van der Waals surface area contributed by atoms with E-state index < -0.39 is 0 Å². The lowest BCUT2D eigenvalue weighted by Gasteiger charge is -2.24. The van der Waals surface area contributed by atoms with Gasteiger partial charge in [-0.05, 0) is 24.0 Å². The van der Waals surface area contributed by atoms with Crippen LogP contribution in [-0.2, 0) is 9.47 Å². The van der Waals surface area contributed by atoms with Crippen LogP contribution >= 0.6 is 12.6 Å². The summed E-state index contributed by atoms with van der Waals surface area (Å²) in [6.07, 6.45) is 2.41. The second kappa shape index (κ2) is 2.40. The van der Waals surface area contributed by atoms with Crippen LogP contribution in [0.3, 0.4) is 0 Å². The summed E-state index contributed by atoms with van der Waals surface area (Å²) in [6.45, 7) is 1.59. The number of rotatable bonds is 1. The van der Waals surface area contributed by atoms with Gasteiger partial charge in [-0.3, -0.25) is 0 Å². The van der Waals surface area contributed by atoms with Gasteiger partial charge >= 0.3 is 0 Å². The molecule has 2 nitrogen and oxygen atoms in total. The van der Waals surface area contributed by atoms with Crippen molar-refractivity contribution in [3.8, 4) is 0 Å². The van der Waals surface area contributed by atoms with Crippen molar-refractivity contribution in [2.45, 2.75) is 18.6 Å². The largest absolute Gasteiger partial charge is 0.347 e. The highest BCUT2D eigenvalue weighted by atomic mass is 32.1. The quantitative estimate of drug-likeness (QED) is 0.623. The fraction of sp³-hybridized carbons (Fsp3) is 1.00. The molecule has 0 N–H and O–H groups in total. The Morgan fingerprint density at radius 1 is 1.33 bits per heavy atom. The molecule has 0 aromatic heterocycles. The van der Waals surface area contributed by atoms with Gasteiger partial charge in [0.1, 0.15) is 0 Å². The van der Waals surface area contributed by atoms with E-state index in [1.54, 1.807) is 0 Å². The summed E-state index contributed by atoms with van der Waals surface area (Å²) in [5.41, 5.74) is 0. The summed E-state index contributed by atoms with van der Waals surface area (Å²) in [4.78, 5) is 0. The van der Waals surface area contributed by atoms with Gasteiger partial charge in [0.15, 0.2) is 5.79 Å². The van der Waals surface area contributed by atoms with Crippen LogP contribution in [0.4, 0.5) is 0 Å². The summed E-state index contributed by atoms with van der Waals surface area (Å²) in [7, 11) is 0. The van der Waals surface area contributed by atoms with Crippen molar-refractivity contribution in [1.29, 1.82) is 0 Å². The average Bonchev–Trinajstić information content (AvgIpc) is 2.45. The minimum atomic E-state index is -0.155. The summed E-state index contributed by atoms with van der Waals surface area (Å²) < 4.78 is 11.5. The highest BCUT2D eigenvalue weighted by Crippen LogP contribution is 2.64. The van der Waals surface area contributed by atoms with Crippen LogP contribution in [0.2, 0.25) is 0 Å². The molecule has 3 heteroatoms. The van der Waals surface area contributed by atoms with Gasteiger partial charge in [0, 0.05) is 12.3 Å². The first kappa shape index (κ1) is 7.65. The van der Waals surface area contributed by atoms with Crippen LogP contribution in [-0.4, -0.2) is 24.8 Å². The maximum atomic E-state index is 5.73. The maximum Gasteiger partial charge on any atom is 0.171 e. The zero-order chi connectivity index (χ0) is 8.18. The molecule has 0 radical (unpaired) electrons. The van der Waals surface area contributed by atoms with Gasteiger partial charge in [-0.2, -0.15) is 12.6 Å². The molecule has 3 rings (SSSR count). The lowest BCUT2D eigenvalue weighted by atomic mass is 10.1. The zero-order valence-electron chi connectivity index (χ0n) is 7.03. The highest BCUT2D eigenvalue weighted by molar-refractivity contribution is 7.80. The molecule has 1 heterocycles. The molecule has 0 unspecified atom stereocenters. The van der Waals surface area contributed by atoms with E-state index in [4.69, 9.17) is 9.47 Å². The van der Waals surface area contributed by atoms with Gasteiger partial charge in [-0.1, -0.05) is 0 Å². The number of hydrogen-bond donors (Lipinski definition) is 1. The van der Waals surface area contributed by atoms with E-state index >= 15 is 0 Å². The van der Waals surface area contributed by atoms with E-state index in [9.17, 15) is 0 Å². The van der Waals surface area contributed by atoms with E-state index in [-0.39, 0.29) is 5.79 Å². The van der Waals surface area contributed by atoms with E-state index in [1.165, 1.54) is 6.42 Å². The summed E-state index contributed by atoms with van der Waals surface area (Å²) in [6, 6.07) is 0. The fourth-order valence-corrected chi connectivity index (χ4v) is 3.58. The van der Waals surface area contributed by atoms with Crippen LogP contribution in [0.1, 0.15) is 12.8 Å². The van der Waals surface area contributed by atoms with Crippen molar-refractivity contribution in [1.82, 2.24) is 0 Å². The Hall–Kier alpha value is 0.270. The Morgan fingerprint density at radius 2 is 2.08 bits per heavy atom. The molecule has 1 spiro atoms. The minimum absolute atomic E-state index is 0.155. The average molecular weight is 186 g/mol. The molecule has 3 fully saturated rings. The Balaban J connectivity index is 1.81. The summed E-state index contributed by atoms with van der Waals surface area (Å²) in [5.74, 6) is 3.17. The minimum Gasteiger partial charge on any atom is -0.347 e. The van der Waals surface area contributed by atoms with Crippen LogP contribution in [0.25, 0.3) is 0 Å². The molecule has 1 aliphatic heterocycles. The van der Waals surface area contributed by atoms with Crippen LogP contribution in [0, 0.1) is 17.8 Å². The molecule has 0 bridgehead atoms. The molecule has 3 aliphatic rings. The van der Waals surface area contributed by atoms with Crippen molar-refractivity contribution < 1.29 is 9.47 Å².